The summed E-state index contributed by atoms with van der Waals surface area (Å²) in [6, 6.07) is 13.9. The van der Waals surface area contributed by atoms with Gasteiger partial charge in [0, 0.05) is 16.0 Å². The zero-order chi connectivity index (χ0) is 13.2. The van der Waals surface area contributed by atoms with Crippen LogP contribution in [-0.2, 0) is 6.42 Å². The Kier molecular flexibility index (Phi) is 3.38. The Balaban J connectivity index is 1.67. The van der Waals surface area contributed by atoms with Crippen molar-refractivity contribution in [2.24, 2.45) is 0 Å². The second-order valence-electron chi connectivity index (χ2n) is 4.71. The highest BCUT2D eigenvalue weighted by Gasteiger charge is 2.25. The van der Waals surface area contributed by atoms with Crippen LogP contribution in [0.3, 0.4) is 0 Å². The highest BCUT2D eigenvalue weighted by Crippen LogP contribution is 2.35. The standard InChI is InChI=1S/C16H13BrO2/c17-16-6-5-14(8-12(16)9-18)19-10-13-7-11-3-1-2-4-15(11)13/h1-6,8-9,13H,7,10H2. The Hall–Kier alpha value is -1.61. The van der Waals surface area contributed by atoms with E-state index in [2.05, 4.69) is 40.2 Å². The van der Waals surface area contributed by atoms with Gasteiger partial charge in [0.25, 0.3) is 0 Å². The largest absolute Gasteiger partial charge is 0.493 e. The SMILES string of the molecule is O=Cc1cc(OCC2Cc3ccccc32)ccc1Br. The molecule has 0 amide bonds. The molecule has 1 aliphatic carbocycles. The van der Waals surface area contributed by atoms with Crippen molar-refractivity contribution in [2.45, 2.75) is 12.3 Å². The van der Waals surface area contributed by atoms with E-state index in [1.165, 1.54) is 11.1 Å². The van der Waals surface area contributed by atoms with Crippen LogP contribution >= 0.6 is 15.9 Å². The molecular weight excluding hydrogens is 304 g/mol. The molecular formula is C16H13BrO2. The van der Waals surface area contributed by atoms with Crippen molar-refractivity contribution in [1.82, 2.24) is 0 Å². The molecule has 3 heteroatoms. The normalized spacial score (nSPS) is 16.4. The number of hydrogen-bond donors (Lipinski definition) is 0. The zero-order valence-corrected chi connectivity index (χ0v) is 11.9. The Morgan fingerprint density at radius 3 is 2.89 bits per heavy atom. The molecule has 3 rings (SSSR count). The third-order valence-electron chi connectivity index (χ3n) is 3.51. The van der Waals surface area contributed by atoms with Crippen LogP contribution in [0.1, 0.15) is 27.4 Å². The van der Waals surface area contributed by atoms with E-state index in [1.54, 1.807) is 6.07 Å². The summed E-state index contributed by atoms with van der Waals surface area (Å²) in [4.78, 5) is 10.9. The smallest absolute Gasteiger partial charge is 0.151 e. The van der Waals surface area contributed by atoms with Gasteiger partial charge < -0.3 is 4.74 Å². The summed E-state index contributed by atoms with van der Waals surface area (Å²) < 4.78 is 6.58. The maximum Gasteiger partial charge on any atom is 0.151 e. The lowest BCUT2D eigenvalue weighted by Crippen LogP contribution is -2.23. The number of hydrogen-bond acceptors (Lipinski definition) is 2. The topological polar surface area (TPSA) is 26.3 Å². The van der Waals surface area contributed by atoms with Crippen molar-refractivity contribution in [3.63, 3.8) is 0 Å². The number of carbonyl (C=O) groups excluding carboxylic acids is 1. The summed E-state index contributed by atoms with van der Waals surface area (Å²) in [6.45, 7) is 0.664. The first kappa shape index (κ1) is 12.4. The number of fused-ring (bicyclic) bond motifs is 1. The van der Waals surface area contributed by atoms with Gasteiger partial charge in [0.2, 0.25) is 0 Å². The van der Waals surface area contributed by atoms with Crippen LogP contribution in [0, 0.1) is 0 Å². The molecule has 0 saturated carbocycles. The van der Waals surface area contributed by atoms with E-state index in [9.17, 15) is 4.79 Å². The Morgan fingerprint density at radius 2 is 2.11 bits per heavy atom. The molecule has 0 aromatic heterocycles. The van der Waals surface area contributed by atoms with Crippen molar-refractivity contribution in [3.05, 3.63) is 63.6 Å². The van der Waals surface area contributed by atoms with Crippen LogP contribution in [0.15, 0.2) is 46.9 Å². The van der Waals surface area contributed by atoms with Gasteiger partial charge in [-0.2, -0.15) is 0 Å². The molecule has 0 bridgehead atoms. The van der Waals surface area contributed by atoms with Gasteiger partial charge in [0.1, 0.15) is 5.75 Å². The lowest BCUT2D eigenvalue weighted by molar-refractivity contribution is 0.112. The molecule has 2 aromatic rings. The molecule has 0 spiro atoms. The number of carbonyl (C=O) groups is 1. The van der Waals surface area contributed by atoms with Gasteiger partial charge in [-0.15, -0.1) is 0 Å². The number of aldehydes is 1. The summed E-state index contributed by atoms with van der Waals surface area (Å²) in [7, 11) is 0. The van der Waals surface area contributed by atoms with E-state index in [0.717, 1.165) is 22.9 Å². The van der Waals surface area contributed by atoms with E-state index >= 15 is 0 Å². The monoisotopic (exact) mass is 316 g/mol. The fourth-order valence-electron chi connectivity index (χ4n) is 2.41. The quantitative estimate of drug-likeness (QED) is 0.797. The molecule has 0 heterocycles. The van der Waals surface area contributed by atoms with Gasteiger partial charge in [-0.1, -0.05) is 40.2 Å². The van der Waals surface area contributed by atoms with E-state index in [-0.39, 0.29) is 0 Å². The first-order valence-electron chi connectivity index (χ1n) is 6.23. The van der Waals surface area contributed by atoms with Crippen LogP contribution in [0.2, 0.25) is 0 Å². The summed E-state index contributed by atoms with van der Waals surface area (Å²) in [6.07, 6.45) is 1.91. The first-order valence-corrected chi connectivity index (χ1v) is 7.02. The number of ether oxygens (including phenoxy) is 1. The maximum absolute atomic E-state index is 10.9. The highest BCUT2D eigenvalue weighted by molar-refractivity contribution is 9.10. The first-order chi connectivity index (χ1) is 9.28. The lowest BCUT2D eigenvalue weighted by atomic mass is 9.78. The third-order valence-corrected chi connectivity index (χ3v) is 4.23. The Bertz CT molecular complexity index is 622. The molecule has 0 N–H and O–H groups in total. The third kappa shape index (κ3) is 2.43. The molecule has 1 atom stereocenters. The minimum atomic E-state index is 0.472. The van der Waals surface area contributed by atoms with E-state index in [4.69, 9.17) is 4.74 Å². The molecule has 2 aromatic carbocycles. The van der Waals surface area contributed by atoms with Gasteiger partial charge in [0.15, 0.2) is 6.29 Å². The van der Waals surface area contributed by atoms with E-state index < -0.39 is 0 Å². The summed E-state index contributed by atoms with van der Waals surface area (Å²) >= 11 is 3.33. The van der Waals surface area contributed by atoms with E-state index in [1.807, 2.05) is 12.1 Å². The number of benzene rings is 2. The fraction of sp³-hybridized carbons (Fsp3) is 0.188. The van der Waals surface area contributed by atoms with Gasteiger partial charge in [-0.25, -0.2) is 0 Å². The van der Waals surface area contributed by atoms with Gasteiger partial charge in [0.05, 0.1) is 6.61 Å². The van der Waals surface area contributed by atoms with Crippen molar-refractivity contribution in [3.8, 4) is 5.75 Å². The summed E-state index contributed by atoms with van der Waals surface area (Å²) in [5.74, 6) is 1.22. The van der Waals surface area contributed by atoms with Gasteiger partial charge in [-0.05, 0) is 35.7 Å². The van der Waals surface area contributed by atoms with Gasteiger partial charge >= 0.3 is 0 Å². The van der Waals surface area contributed by atoms with Crippen molar-refractivity contribution in [2.75, 3.05) is 6.61 Å². The molecule has 0 aliphatic heterocycles. The predicted molar refractivity (Wildman–Crippen MR) is 77.9 cm³/mol. The van der Waals surface area contributed by atoms with Crippen molar-refractivity contribution in [1.29, 1.82) is 0 Å². The van der Waals surface area contributed by atoms with Crippen molar-refractivity contribution >= 4 is 22.2 Å². The second-order valence-corrected chi connectivity index (χ2v) is 5.57. The van der Waals surface area contributed by atoms with Crippen LogP contribution in [0.25, 0.3) is 0 Å². The summed E-state index contributed by atoms with van der Waals surface area (Å²) in [5.41, 5.74) is 3.42. The minimum Gasteiger partial charge on any atom is -0.493 e. The molecule has 96 valence electrons. The second kappa shape index (κ2) is 5.17. The Morgan fingerprint density at radius 1 is 1.26 bits per heavy atom. The fourth-order valence-corrected chi connectivity index (χ4v) is 2.75. The number of halogens is 1. The molecule has 0 fully saturated rings. The molecule has 1 aliphatic rings. The van der Waals surface area contributed by atoms with Crippen LogP contribution < -0.4 is 4.74 Å². The zero-order valence-electron chi connectivity index (χ0n) is 10.3. The maximum atomic E-state index is 10.9. The van der Waals surface area contributed by atoms with Crippen molar-refractivity contribution < 1.29 is 9.53 Å². The lowest BCUT2D eigenvalue weighted by Gasteiger charge is -2.29. The minimum absolute atomic E-state index is 0.472. The van der Waals surface area contributed by atoms with Crippen LogP contribution in [0.4, 0.5) is 0 Å². The number of rotatable bonds is 4. The molecule has 19 heavy (non-hydrogen) atoms. The predicted octanol–water partition coefficient (Wildman–Crippen LogP) is 3.98. The summed E-state index contributed by atoms with van der Waals surface area (Å²) in [5, 5.41) is 0. The molecule has 1 unspecified atom stereocenters. The average molecular weight is 317 g/mol. The molecule has 0 radical (unpaired) electrons. The van der Waals surface area contributed by atoms with Crippen LogP contribution in [-0.4, -0.2) is 12.9 Å². The average Bonchev–Trinajstić information content (AvgIpc) is 2.41. The van der Waals surface area contributed by atoms with Crippen LogP contribution in [0.5, 0.6) is 5.75 Å². The highest BCUT2D eigenvalue weighted by atomic mass is 79.9. The van der Waals surface area contributed by atoms with E-state index in [0.29, 0.717) is 18.1 Å². The molecule has 0 saturated heterocycles. The Labute approximate surface area is 120 Å². The van der Waals surface area contributed by atoms with Gasteiger partial charge in [-0.3, -0.25) is 4.79 Å². The molecule has 2 nitrogen and oxygen atoms in total.